The van der Waals surface area contributed by atoms with Crippen molar-refractivity contribution in [3.63, 3.8) is 0 Å². The van der Waals surface area contributed by atoms with Crippen molar-refractivity contribution in [2.75, 3.05) is 0 Å². The molecule has 0 radical (unpaired) electrons. The van der Waals surface area contributed by atoms with Gasteiger partial charge in [-0.05, 0) is 0 Å². The maximum atomic E-state index is 0. The summed E-state index contributed by atoms with van der Waals surface area (Å²) in [6.45, 7) is 0. The van der Waals surface area contributed by atoms with Gasteiger partial charge in [-0.2, -0.15) is 0 Å². The quantitative estimate of drug-likeness (QED) is 0.356. The van der Waals surface area contributed by atoms with Gasteiger partial charge in [-0.3, -0.25) is 0 Å². The van der Waals surface area contributed by atoms with Crippen LogP contribution >= 0.6 is 0 Å². The average Bonchev–Trinajstić information content (AvgIpc) is 0. The molecule has 7 nitrogen and oxygen atoms in total. The van der Waals surface area contributed by atoms with Gasteiger partial charge in [0.2, 0.25) is 0 Å². The minimum atomic E-state index is 0. The SMILES string of the molecule is N.O.O.O.O.O.O.[Fe]. The molecule has 0 aromatic carbocycles. The van der Waals surface area contributed by atoms with Crippen LogP contribution in [0.15, 0.2) is 0 Å². The molecule has 15 N–H and O–H groups in total. The van der Waals surface area contributed by atoms with Crippen molar-refractivity contribution in [1.29, 1.82) is 0 Å². The van der Waals surface area contributed by atoms with Gasteiger partial charge in [-0.1, -0.05) is 0 Å². The van der Waals surface area contributed by atoms with Crippen LogP contribution in [-0.4, -0.2) is 32.9 Å². The van der Waals surface area contributed by atoms with E-state index in [1.807, 2.05) is 0 Å². The van der Waals surface area contributed by atoms with Gasteiger partial charge in [0, 0.05) is 17.1 Å². The molecule has 0 aliphatic rings. The average molecular weight is 181 g/mol. The van der Waals surface area contributed by atoms with Gasteiger partial charge in [0.25, 0.3) is 0 Å². The molecule has 0 amide bonds. The fourth-order valence-electron chi connectivity index (χ4n) is 0. The molecule has 0 aromatic rings. The zero-order valence-electron chi connectivity index (χ0n) is 4.06. The van der Waals surface area contributed by atoms with Crippen LogP contribution in [-0.2, 0) is 17.1 Å². The topological polar surface area (TPSA) is 224 Å². The Morgan fingerprint density at radius 3 is 0.375 bits per heavy atom. The van der Waals surface area contributed by atoms with Crippen molar-refractivity contribution in [2.24, 2.45) is 0 Å². The normalized spacial score (nSPS) is 0. The number of hydrogen-bond acceptors (Lipinski definition) is 1. The summed E-state index contributed by atoms with van der Waals surface area (Å²) < 4.78 is 0. The van der Waals surface area contributed by atoms with Crippen molar-refractivity contribution >= 4 is 0 Å². The molecule has 0 spiro atoms. The minimum absolute atomic E-state index is 0. The third-order valence-electron chi connectivity index (χ3n) is 0. The fourth-order valence-corrected chi connectivity index (χ4v) is 0. The van der Waals surface area contributed by atoms with Crippen molar-refractivity contribution < 1.29 is 49.9 Å². The summed E-state index contributed by atoms with van der Waals surface area (Å²) in [5.41, 5.74) is 0. The van der Waals surface area contributed by atoms with Crippen molar-refractivity contribution in [3.05, 3.63) is 0 Å². The Hall–Kier alpha value is 0.239. The molecule has 0 aliphatic heterocycles. The minimum Gasteiger partial charge on any atom is -0.412 e. The van der Waals surface area contributed by atoms with Gasteiger partial charge in [0.1, 0.15) is 0 Å². The molecule has 0 aromatic heterocycles. The fraction of sp³-hybridized carbons (Fsp3) is 0. The molecule has 8 heteroatoms. The second-order valence-electron chi connectivity index (χ2n) is 0. The van der Waals surface area contributed by atoms with Gasteiger partial charge in [0.05, 0.1) is 0 Å². The molecule has 0 unspecified atom stereocenters. The summed E-state index contributed by atoms with van der Waals surface area (Å²) in [4.78, 5) is 0. The first-order chi connectivity index (χ1) is 0. The Balaban J connectivity index is 0. The Morgan fingerprint density at radius 2 is 0.375 bits per heavy atom. The molecule has 0 heterocycles. The molecule has 0 fully saturated rings. The van der Waals surface area contributed by atoms with Crippen LogP contribution in [0.3, 0.4) is 0 Å². The summed E-state index contributed by atoms with van der Waals surface area (Å²) in [5, 5.41) is 0. The van der Waals surface area contributed by atoms with Crippen molar-refractivity contribution in [2.45, 2.75) is 0 Å². The van der Waals surface area contributed by atoms with Gasteiger partial charge in [0.15, 0.2) is 0 Å². The van der Waals surface area contributed by atoms with Gasteiger partial charge < -0.3 is 39.0 Å². The molecule has 64 valence electrons. The van der Waals surface area contributed by atoms with E-state index in [0.717, 1.165) is 0 Å². The molecule has 0 saturated carbocycles. The van der Waals surface area contributed by atoms with E-state index in [-0.39, 0.29) is 56.1 Å². The van der Waals surface area contributed by atoms with Crippen LogP contribution < -0.4 is 6.15 Å². The monoisotopic (exact) mass is 181 g/mol. The first-order valence-electron chi connectivity index (χ1n) is 0. The maximum Gasteiger partial charge on any atom is 0 e. The van der Waals surface area contributed by atoms with E-state index >= 15 is 0 Å². The van der Waals surface area contributed by atoms with Gasteiger partial charge in [-0.15, -0.1) is 0 Å². The first kappa shape index (κ1) is 7530. The molecule has 0 atom stereocenters. The van der Waals surface area contributed by atoms with E-state index < -0.39 is 0 Å². The van der Waals surface area contributed by atoms with Gasteiger partial charge in [-0.25, -0.2) is 0 Å². The Morgan fingerprint density at radius 1 is 0.375 bits per heavy atom. The van der Waals surface area contributed by atoms with E-state index in [0.29, 0.717) is 0 Å². The van der Waals surface area contributed by atoms with Crippen LogP contribution in [0.1, 0.15) is 0 Å². The van der Waals surface area contributed by atoms with Crippen LogP contribution in [0.2, 0.25) is 0 Å². The van der Waals surface area contributed by atoms with E-state index in [4.69, 9.17) is 0 Å². The molecule has 0 rings (SSSR count). The number of hydrogen-bond donors (Lipinski definition) is 1. The predicted molar refractivity (Wildman–Crippen MR) is 26.7 cm³/mol. The zero-order valence-corrected chi connectivity index (χ0v) is 5.16. The summed E-state index contributed by atoms with van der Waals surface area (Å²) in [6.07, 6.45) is 0. The van der Waals surface area contributed by atoms with Gasteiger partial charge >= 0.3 is 0 Å². The smallest absolute Gasteiger partial charge is 0 e. The Bertz CT molecular complexity index is 8.49. The number of rotatable bonds is 0. The largest absolute Gasteiger partial charge is 0.412 e. The molecule has 0 aliphatic carbocycles. The summed E-state index contributed by atoms with van der Waals surface area (Å²) in [7, 11) is 0. The molecule has 8 heavy (non-hydrogen) atoms. The van der Waals surface area contributed by atoms with Crippen molar-refractivity contribution in [1.82, 2.24) is 6.15 Å². The maximum absolute atomic E-state index is 0. The Labute approximate surface area is 57.0 Å². The van der Waals surface area contributed by atoms with Crippen LogP contribution in [0.25, 0.3) is 0 Å². The summed E-state index contributed by atoms with van der Waals surface area (Å²) >= 11 is 0. The van der Waals surface area contributed by atoms with E-state index in [2.05, 4.69) is 0 Å². The van der Waals surface area contributed by atoms with Crippen molar-refractivity contribution in [3.8, 4) is 0 Å². The van der Waals surface area contributed by atoms with E-state index in [1.165, 1.54) is 0 Å². The van der Waals surface area contributed by atoms with E-state index in [9.17, 15) is 0 Å². The standard InChI is InChI=1S/Fe.H3N.6H2O/h;1H3;6*1H2. The van der Waals surface area contributed by atoms with Crippen LogP contribution in [0.5, 0.6) is 0 Å². The molecular formula is H15FeNO6. The molecular weight excluding hydrogens is 166 g/mol. The van der Waals surface area contributed by atoms with Crippen LogP contribution in [0.4, 0.5) is 0 Å². The molecule has 0 bridgehead atoms. The van der Waals surface area contributed by atoms with E-state index in [1.54, 1.807) is 0 Å². The second-order valence-corrected chi connectivity index (χ2v) is 0. The Kier molecular flexibility index (Phi) is 4630000. The zero-order chi connectivity index (χ0) is 0. The predicted octanol–water partition coefficient (Wildman–Crippen LogP) is -4.79. The van der Waals surface area contributed by atoms with Crippen LogP contribution in [0, 0.1) is 0 Å². The summed E-state index contributed by atoms with van der Waals surface area (Å²) in [5.74, 6) is 0. The summed E-state index contributed by atoms with van der Waals surface area (Å²) in [6, 6.07) is 0. The third-order valence-corrected chi connectivity index (χ3v) is 0. The third kappa shape index (κ3) is 2990. The first-order valence-corrected chi connectivity index (χ1v) is 0. The molecule has 0 saturated heterocycles. The second kappa shape index (κ2) is 4910.